The molecule has 2 aromatic rings. The van der Waals surface area contributed by atoms with E-state index in [2.05, 4.69) is 10.2 Å². The second-order valence-electron chi connectivity index (χ2n) is 3.43. The van der Waals surface area contributed by atoms with Crippen molar-refractivity contribution in [3.63, 3.8) is 0 Å². The highest BCUT2D eigenvalue weighted by molar-refractivity contribution is 5.32. The zero-order valence-electron chi connectivity index (χ0n) is 8.70. The van der Waals surface area contributed by atoms with Gasteiger partial charge in [0, 0.05) is 12.1 Å². The molecule has 16 heavy (non-hydrogen) atoms. The molecule has 1 aromatic heterocycles. The smallest absolute Gasteiger partial charge is 0.269 e. The van der Waals surface area contributed by atoms with Crippen LogP contribution in [-0.2, 0) is 6.54 Å². The monoisotopic (exact) mass is 218 g/mol. The first-order valence-electron chi connectivity index (χ1n) is 4.74. The molecule has 0 bridgehead atoms. The van der Waals surface area contributed by atoms with Gasteiger partial charge < -0.3 is 4.57 Å². The molecule has 0 aliphatic heterocycles. The molecule has 0 N–H and O–H groups in total. The summed E-state index contributed by atoms with van der Waals surface area (Å²) in [5.41, 5.74) is 1.08. The fraction of sp³-hybridized carbons (Fsp3) is 0.200. The second kappa shape index (κ2) is 4.09. The molecule has 0 aliphatic rings. The summed E-state index contributed by atoms with van der Waals surface area (Å²) in [5, 5.41) is 18.1. The van der Waals surface area contributed by atoms with Crippen LogP contribution in [0.15, 0.2) is 30.6 Å². The molecule has 0 fully saturated rings. The first-order valence-corrected chi connectivity index (χ1v) is 4.74. The quantitative estimate of drug-likeness (QED) is 0.578. The summed E-state index contributed by atoms with van der Waals surface area (Å²) in [6, 6.07) is 6.46. The Morgan fingerprint density at radius 2 is 2.06 bits per heavy atom. The van der Waals surface area contributed by atoms with Gasteiger partial charge in [-0.25, -0.2) is 0 Å². The van der Waals surface area contributed by atoms with E-state index in [1.165, 1.54) is 12.1 Å². The van der Waals surface area contributed by atoms with Crippen LogP contribution in [0.4, 0.5) is 5.69 Å². The number of nitro benzene ring substituents is 1. The zero-order valence-corrected chi connectivity index (χ0v) is 8.70. The lowest BCUT2D eigenvalue weighted by Gasteiger charge is -2.03. The standard InChI is InChI=1S/C10H10N4O2/c1-8-12-11-7-13(8)6-9-2-4-10(5-3-9)14(15)16/h2-5,7H,6H2,1H3. The van der Waals surface area contributed by atoms with E-state index in [1.54, 1.807) is 18.5 Å². The van der Waals surface area contributed by atoms with E-state index >= 15 is 0 Å². The van der Waals surface area contributed by atoms with Gasteiger partial charge in [0.2, 0.25) is 0 Å². The van der Waals surface area contributed by atoms with Crippen LogP contribution in [0.1, 0.15) is 11.4 Å². The van der Waals surface area contributed by atoms with Crippen LogP contribution >= 0.6 is 0 Å². The predicted octanol–water partition coefficient (Wildman–Crippen LogP) is 1.54. The van der Waals surface area contributed by atoms with Gasteiger partial charge in [0.1, 0.15) is 12.2 Å². The molecule has 0 radical (unpaired) electrons. The van der Waals surface area contributed by atoms with Gasteiger partial charge >= 0.3 is 0 Å². The minimum atomic E-state index is -0.409. The van der Waals surface area contributed by atoms with Crippen molar-refractivity contribution in [2.45, 2.75) is 13.5 Å². The number of aromatic nitrogens is 3. The van der Waals surface area contributed by atoms with E-state index in [9.17, 15) is 10.1 Å². The SMILES string of the molecule is Cc1nncn1Cc1ccc([N+](=O)[O-])cc1. The summed E-state index contributed by atoms with van der Waals surface area (Å²) in [7, 11) is 0. The summed E-state index contributed by atoms with van der Waals surface area (Å²) < 4.78 is 1.88. The Morgan fingerprint density at radius 3 is 2.56 bits per heavy atom. The van der Waals surface area contributed by atoms with Crippen molar-refractivity contribution >= 4 is 5.69 Å². The van der Waals surface area contributed by atoms with E-state index in [0.717, 1.165) is 11.4 Å². The molecular weight excluding hydrogens is 208 g/mol. The topological polar surface area (TPSA) is 73.8 Å². The van der Waals surface area contributed by atoms with Crippen LogP contribution < -0.4 is 0 Å². The molecule has 0 aliphatic carbocycles. The van der Waals surface area contributed by atoms with Crippen LogP contribution in [0.5, 0.6) is 0 Å². The third kappa shape index (κ3) is 2.05. The molecule has 6 heteroatoms. The van der Waals surface area contributed by atoms with Gasteiger partial charge in [0.05, 0.1) is 11.5 Å². The fourth-order valence-electron chi connectivity index (χ4n) is 1.39. The maximum absolute atomic E-state index is 10.5. The van der Waals surface area contributed by atoms with Crippen molar-refractivity contribution in [3.8, 4) is 0 Å². The maximum atomic E-state index is 10.5. The molecule has 0 atom stereocenters. The maximum Gasteiger partial charge on any atom is 0.269 e. The highest BCUT2D eigenvalue weighted by Crippen LogP contribution is 2.12. The van der Waals surface area contributed by atoms with E-state index in [-0.39, 0.29) is 5.69 Å². The second-order valence-corrected chi connectivity index (χ2v) is 3.43. The number of benzene rings is 1. The Kier molecular flexibility index (Phi) is 2.63. The van der Waals surface area contributed by atoms with E-state index in [1.807, 2.05) is 11.5 Å². The first kappa shape index (κ1) is 10.3. The lowest BCUT2D eigenvalue weighted by Crippen LogP contribution is -2.00. The predicted molar refractivity (Wildman–Crippen MR) is 57.0 cm³/mol. The minimum Gasteiger partial charge on any atom is -0.313 e. The van der Waals surface area contributed by atoms with Crippen LogP contribution in [-0.4, -0.2) is 19.7 Å². The zero-order chi connectivity index (χ0) is 11.5. The number of hydrogen-bond acceptors (Lipinski definition) is 4. The number of aryl methyl sites for hydroxylation is 1. The average Bonchev–Trinajstić information content (AvgIpc) is 2.65. The summed E-state index contributed by atoms with van der Waals surface area (Å²) in [6.07, 6.45) is 1.64. The molecule has 0 unspecified atom stereocenters. The van der Waals surface area contributed by atoms with Gasteiger partial charge in [-0.1, -0.05) is 12.1 Å². The first-order chi connectivity index (χ1) is 7.66. The van der Waals surface area contributed by atoms with Gasteiger partial charge in [-0.3, -0.25) is 10.1 Å². The molecular formula is C10H10N4O2. The van der Waals surface area contributed by atoms with Crippen molar-refractivity contribution in [2.24, 2.45) is 0 Å². The molecule has 2 rings (SSSR count). The summed E-state index contributed by atoms with van der Waals surface area (Å²) in [4.78, 5) is 10.1. The van der Waals surface area contributed by atoms with Crippen molar-refractivity contribution in [2.75, 3.05) is 0 Å². The fourth-order valence-corrected chi connectivity index (χ4v) is 1.39. The number of rotatable bonds is 3. The van der Waals surface area contributed by atoms with Crippen LogP contribution in [0, 0.1) is 17.0 Å². The van der Waals surface area contributed by atoms with Gasteiger partial charge in [-0.15, -0.1) is 10.2 Å². The van der Waals surface area contributed by atoms with Crippen molar-refractivity contribution in [3.05, 3.63) is 52.1 Å². The molecule has 1 aromatic carbocycles. The highest BCUT2D eigenvalue weighted by Gasteiger charge is 2.05. The Labute approximate surface area is 91.7 Å². The van der Waals surface area contributed by atoms with Crippen LogP contribution in [0.3, 0.4) is 0 Å². The third-order valence-electron chi connectivity index (χ3n) is 2.31. The van der Waals surface area contributed by atoms with E-state index < -0.39 is 4.92 Å². The van der Waals surface area contributed by atoms with Crippen LogP contribution in [0.2, 0.25) is 0 Å². The summed E-state index contributed by atoms with van der Waals surface area (Å²) in [5.74, 6) is 0.818. The average molecular weight is 218 g/mol. The summed E-state index contributed by atoms with van der Waals surface area (Å²) >= 11 is 0. The Balaban J connectivity index is 2.17. The van der Waals surface area contributed by atoms with E-state index in [0.29, 0.717) is 6.54 Å². The lowest BCUT2D eigenvalue weighted by molar-refractivity contribution is -0.384. The molecule has 6 nitrogen and oxygen atoms in total. The van der Waals surface area contributed by atoms with Gasteiger partial charge in [0.25, 0.3) is 5.69 Å². The Bertz CT molecular complexity index is 504. The van der Waals surface area contributed by atoms with E-state index in [4.69, 9.17) is 0 Å². The third-order valence-corrected chi connectivity index (χ3v) is 2.31. The largest absolute Gasteiger partial charge is 0.313 e. The number of nitro groups is 1. The molecule has 0 saturated heterocycles. The summed E-state index contributed by atoms with van der Waals surface area (Å²) in [6.45, 7) is 2.48. The number of hydrogen-bond donors (Lipinski definition) is 0. The minimum absolute atomic E-state index is 0.101. The van der Waals surface area contributed by atoms with Crippen molar-refractivity contribution in [1.29, 1.82) is 0 Å². The molecule has 0 amide bonds. The molecule has 1 heterocycles. The van der Waals surface area contributed by atoms with Crippen molar-refractivity contribution in [1.82, 2.24) is 14.8 Å². The lowest BCUT2D eigenvalue weighted by atomic mass is 10.2. The van der Waals surface area contributed by atoms with Crippen molar-refractivity contribution < 1.29 is 4.92 Å². The molecule has 82 valence electrons. The highest BCUT2D eigenvalue weighted by atomic mass is 16.6. The Hall–Kier alpha value is -2.24. The number of nitrogens with zero attached hydrogens (tertiary/aromatic N) is 4. The molecule has 0 spiro atoms. The normalized spacial score (nSPS) is 10.3. The van der Waals surface area contributed by atoms with Gasteiger partial charge in [-0.05, 0) is 12.5 Å². The van der Waals surface area contributed by atoms with Crippen LogP contribution in [0.25, 0.3) is 0 Å². The molecule has 0 saturated carbocycles. The van der Waals surface area contributed by atoms with Gasteiger partial charge in [0.15, 0.2) is 0 Å². The van der Waals surface area contributed by atoms with Gasteiger partial charge in [-0.2, -0.15) is 0 Å². The Morgan fingerprint density at radius 1 is 1.38 bits per heavy atom. The number of non-ortho nitro benzene ring substituents is 1.